The van der Waals surface area contributed by atoms with Crippen molar-refractivity contribution in [3.8, 4) is 5.75 Å². The molecule has 0 spiro atoms. The zero-order valence-corrected chi connectivity index (χ0v) is 14.0. The van der Waals surface area contributed by atoms with E-state index in [0.29, 0.717) is 0 Å². The van der Waals surface area contributed by atoms with Gasteiger partial charge in [-0.15, -0.1) is 0 Å². The summed E-state index contributed by atoms with van der Waals surface area (Å²) in [6.45, 7) is 10.5. The predicted octanol–water partition coefficient (Wildman–Crippen LogP) is 4.34. The molecule has 0 saturated heterocycles. The highest BCUT2D eigenvalue weighted by Crippen LogP contribution is 2.38. The highest BCUT2D eigenvalue weighted by atomic mass is 16.5. The molecule has 1 aromatic rings. The van der Waals surface area contributed by atoms with E-state index in [-0.39, 0.29) is 0 Å². The molecule has 0 aliphatic heterocycles. The van der Waals surface area contributed by atoms with Gasteiger partial charge in [0.1, 0.15) is 5.75 Å². The highest BCUT2D eigenvalue weighted by Gasteiger charge is 2.33. The molecular weight excluding hydrogens is 260 g/mol. The molecule has 1 fully saturated rings. The van der Waals surface area contributed by atoms with Crippen LogP contribution in [0, 0.1) is 25.7 Å². The Balaban J connectivity index is 2.02. The molecule has 2 unspecified atom stereocenters. The first kappa shape index (κ1) is 15.9. The van der Waals surface area contributed by atoms with Crippen LogP contribution in [-0.4, -0.2) is 31.4 Å². The molecule has 0 radical (unpaired) electrons. The summed E-state index contributed by atoms with van der Waals surface area (Å²) >= 11 is 0. The minimum Gasteiger partial charge on any atom is -0.493 e. The predicted molar refractivity (Wildman–Crippen MR) is 89.8 cm³/mol. The highest BCUT2D eigenvalue weighted by molar-refractivity contribution is 5.64. The monoisotopic (exact) mass is 288 g/mol. The van der Waals surface area contributed by atoms with Gasteiger partial charge >= 0.3 is 0 Å². The summed E-state index contributed by atoms with van der Waals surface area (Å²) in [7, 11) is 2.06. The maximum absolute atomic E-state index is 5.97. The standard InChI is InChI=1S/C18H28N2O/c1-6-7-20(5)12-19-17-9-15(4)18(10-14(17)3)21-11-16-8-13(16)2/h9-10,12-13,16H,6-8,11H2,1-5H3/b19-12-. The van der Waals surface area contributed by atoms with E-state index in [1.54, 1.807) is 0 Å². The lowest BCUT2D eigenvalue weighted by atomic mass is 10.1. The van der Waals surface area contributed by atoms with Crippen LogP contribution in [0.4, 0.5) is 5.69 Å². The molecule has 1 aromatic carbocycles. The first-order valence-corrected chi connectivity index (χ1v) is 7.99. The summed E-state index contributed by atoms with van der Waals surface area (Å²) in [4.78, 5) is 6.71. The van der Waals surface area contributed by atoms with E-state index < -0.39 is 0 Å². The number of aliphatic imine (C=N–C) groups is 1. The number of aryl methyl sites for hydroxylation is 2. The number of benzene rings is 1. The lowest BCUT2D eigenvalue weighted by Gasteiger charge is -2.13. The van der Waals surface area contributed by atoms with E-state index in [1.807, 2.05) is 6.34 Å². The van der Waals surface area contributed by atoms with Gasteiger partial charge < -0.3 is 9.64 Å². The first-order valence-electron chi connectivity index (χ1n) is 7.99. The normalized spacial score (nSPS) is 20.8. The fraction of sp³-hybridized carbons (Fsp3) is 0.611. The van der Waals surface area contributed by atoms with Crippen molar-refractivity contribution in [2.75, 3.05) is 20.2 Å². The number of hydrogen-bond donors (Lipinski definition) is 0. The van der Waals surface area contributed by atoms with Crippen molar-refractivity contribution in [3.05, 3.63) is 23.3 Å². The van der Waals surface area contributed by atoms with E-state index >= 15 is 0 Å². The molecule has 3 heteroatoms. The summed E-state index contributed by atoms with van der Waals surface area (Å²) in [5, 5.41) is 0. The van der Waals surface area contributed by atoms with Crippen LogP contribution in [0.2, 0.25) is 0 Å². The number of nitrogens with zero attached hydrogens (tertiary/aromatic N) is 2. The fourth-order valence-electron chi connectivity index (χ4n) is 2.47. The van der Waals surface area contributed by atoms with Crippen molar-refractivity contribution in [2.45, 2.75) is 40.5 Å². The third-order valence-corrected chi connectivity index (χ3v) is 4.19. The van der Waals surface area contributed by atoms with Crippen molar-refractivity contribution >= 4 is 12.0 Å². The molecule has 0 N–H and O–H groups in total. The van der Waals surface area contributed by atoms with Gasteiger partial charge in [-0.2, -0.15) is 0 Å². The summed E-state index contributed by atoms with van der Waals surface area (Å²) in [6, 6.07) is 4.24. The van der Waals surface area contributed by atoms with Crippen LogP contribution in [0.25, 0.3) is 0 Å². The quantitative estimate of drug-likeness (QED) is 0.551. The number of ether oxygens (including phenoxy) is 1. The summed E-state index contributed by atoms with van der Waals surface area (Å²) in [6.07, 6.45) is 4.36. The van der Waals surface area contributed by atoms with E-state index in [4.69, 9.17) is 4.74 Å². The van der Waals surface area contributed by atoms with Crippen molar-refractivity contribution in [1.29, 1.82) is 0 Å². The molecule has 1 aliphatic carbocycles. The molecule has 21 heavy (non-hydrogen) atoms. The van der Waals surface area contributed by atoms with E-state index in [1.165, 1.54) is 17.5 Å². The third kappa shape index (κ3) is 4.48. The average molecular weight is 288 g/mol. The Hall–Kier alpha value is -1.51. The average Bonchev–Trinajstić information content (AvgIpc) is 3.14. The van der Waals surface area contributed by atoms with Gasteiger partial charge in [-0.3, -0.25) is 0 Å². The van der Waals surface area contributed by atoms with Gasteiger partial charge in [-0.05, 0) is 61.8 Å². The zero-order valence-electron chi connectivity index (χ0n) is 14.0. The minimum atomic E-state index is 0.755. The second kappa shape index (κ2) is 6.97. The van der Waals surface area contributed by atoms with E-state index in [0.717, 1.165) is 42.8 Å². The van der Waals surface area contributed by atoms with Crippen LogP contribution in [0.15, 0.2) is 17.1 Å². The fourth-order valence-corrected chi connectivity index (χ4v) is 2.47. The number of hydrogen-bond acceptors (Lipinski definition) is 2. The molecule has 2 rings (SSSR count). The van der Waals surface area contributed by atoms with Crippen LogP contribution in [-0.2, 0) is 0 Å². The van der Waals surface area contributed by atoms with E-state index in [9.17, 15) is 0 Å². The molecular formula is C18H28N2O. The van der Waals surface area contributed by atoms with Crippen LogP contribution >= 0.6 is 0 Å². The zero-order chi connectivity index (χ0) is 15.4. The van der Waals surface area contributed by atoms with Gasteiger partial charge in [0, 0.05) is 13.6 Å². The second-order valence-electron chi connectivity index (χ2n) is 6.41. The third-order valence-electron chi connectivity index (χ3n) is 4.19. The van der Waals surface area contributed by atoms with E-state index in [2.05, 4.69) is 56.8 Å². The van der Waals surface area contributed by atoms with Gasteiger partial charge in [-0.25, -0.2) is 4.99 Å². The van der Waals surface area contributed by atoms with Crippen molar-refractivity contribution < 1.29 is 4.74 Å². The Bertz CT molecular complexity index is 510. The van der Waals surface area contributed by atoms with Gasteiger partial charge in [0.05, 0.1) is 18.6 Å². The molecule has 1 aliphatic rings. The molecule has 0 bridgehead atoms. The molecule has 116 valence electrons. The maximum Gasteiger partial charge on any atom is 0.122 e. The van der Waals surface area contributed by atoms with Crippen molar-refractivity contribution in [2.24, 2.45) is 16.8 Å². The Morgan fingerprint density at radius 2 is 2.05 bits per heavy atom. The van der Waals surface area contributed by atoms with Gasteiger partial charge in [0.15, 0.2) is 0 Å². The molecule has 1 saturated carbocycles. The lowest BCUT2D eigenvalue weighted by Crippen LogP contribution is -2.16. The lowest BCUT2D eigenvalue weighted by molar-refractivity contribution is 0.291. The van der Waals surface area contributed by atoms with Crippen LogP contribution < -0.4 is 4.74 Å². The second-order valence-corrected chi connectivity index (χ2v) is 6.41. The molecule has 0 amide bonds. The van der Waals surface area contributed by atoms with Gasteiger partial charge in [-0.1, -0.05) is 13.8 Å². The number of rotatable bonds is 7. The topological polar surface area (TPSA) is 24.8 Å². The molecule has 0 heterocycles. The Morgan fingerprint density at radius 3 is 2.67 bits per heavy atom. The Morgan fingerprint density at radius 1 is 1.33 bits per heavy atom. The van der Waals surface area contributed by atoms with Gasteiger partial charge in [0.25, 0.3) is 0 Å². The Kier molecular flexibility index (Phi) is 5.27. The van der Waals surface area contributed by atoms with Crippen LogP contribution in [0.3, 0.4) is 0 Å². The smallest absolute Gasteiger partial charge is 0.122 e. The summed E-state index contributed by atoms with van der Waals surface area (Å²) < 4.78 is 5.97. The molecule has 3 nitrogen and oxygen atoms in total. The van der Waals surface area contributed by atoms with Gasteiger partial charge in [0.2, 0.25) is 0 Å². The van der Waals surface area contributed by atoms with Crippen LogP contribution in [0.1, 0.15) is 37.8 Å². The molecule has 0 aromatic heterocycles. The SMILES string of the molecule is CCCN(C)/C=N\c1cc(C)c(OCC2CC2C)cc1C. The summed E-state index contributed by atoms with van der Waals surface area (Å²) in [5.41, 5.74) is 3.36. The maximum atomic E-state index is 5.97. The first-order chi connectivity index (χ1) is 10.0. The van der Waals surface area contributed by atoms with Crippen molar-refractivity contribution in [1.82, 2.24) is 4.90 Å². The summed E-state index contributed by atoms with van der Waals surface area (Å²) in [5.74, 6) is 2.60. The Labute approximate surface area is 129 Å². The largest absolute Gasteiger partial charge is 0.493 e. The minimum absolute atomic E-state index is 0.755. The molecule has 2 atom stereocenters. The van der Waals surface area contributed by atoms with Crippen LogP contribution in [0.5, 0.6) is 5.75 Å². The van der Waals surface area contributed by atoms with Crippen molar-refractivity contribution in [3.63, 3.8) is 0 Å².